The Kier molecular flexibility index (Phi) is 6.80. The van der Waals surface area contributed by atoms with Crippen LogP contribution in [0.5, 0.6) is 0 Å². The second kappa shape index (κ2) is 7.92. The summed E-state index contributed by atoms with van der Waals surface area (Å²) < 4.78 is 25.1. The molecule has 0 saturated carbocycles. The Hall–Kier alpha value is -1.15. The highest BCUT2D eigenvalue weighted by Crippen LogP contribution is 2.21. The van der Waals surface area contributed by atoms with Gasteiger partial charge in [-0.15, -0.1) is 0 Å². The highest BCUT2D eigenvalue weighted by molar-refractivity contribution is 7.89. The Morgan fingerprint density at radius 2 is 1.82 bits per heavy atom. The van der Waals surface area contributed by atoms with Gasteiger partial charge in [-0.05, 0) is 26.2 Å². The standard InChI is InChI=1S/C14H26N2O5S/c1-4-11(3)14(19)16(10-13(17)18)12-6-8-15(9-7-12)22(20,21)5-2/h11-12H,4-10H2,1-3H3,(H,17,18). The summed E-state index contributed by atoms with van der Waals surface area (Å²) in [5.41, 5.74) is 0. The first-order valence-corrected chi connectivity index (χ1v) is 9.33. The lowest BCUT2D eigenvalue weighted by Crippen LogP contribution is -2.51. The number of sulfonamides is 1. The number of aliphatic carboxylic acids is 1. The van der Waals surface area contributed by atoms with Crippen LogP contribution in [-0.4, -0.2) is 66.0 Å². The van der Waals surface area contributed by atoms with E-state index >= 15 is 0 Å². The molecule has 128 valence electrons. The molecule has 1 saturated heterocycles. The van der Waals surface area contributed by atoms with E-state index in [1.807, 2.05) is 6.92 Å². The zero-order valence-corrected chi connectivity index (χ0v) is 14.3. The number of carbonyl (C=O) groups is 2. The lowest BCUT2D eigenvalue weighted by Gasteiger charge is -2.38. The van der Waals surface area contributed by atoms with Gasteiger partial charge in [0, 0.05) is 25.0 Å². The molecule has 1 heterocycles. The molecule has 0 spiro atoms. The Balaban J connectivity index is 2.78. The fourth-order valence-corrected chi connectivity index (χ4v) is 3.74. The van der Waals surface area contributed by atoms with Gasteiger partial charge in [-0.3, -0.25) is 9.59 Å². The molecule has 1 rings (SSSR count). The van der Waals surface area contributed by atoms with Crippen LogP contribution >= 0.6 is 0 Å². The minimum Gasteiger partial charge on any atom is -0.480 e. The van der Waals surface area contributed by atoms with Gasteiger partial charge in [-0.1, -0.05) is 13.8 Å². The fourth-order valence-electron chi connectivity index (χ4n) is 2.60. The van der Waals surface area contributed by atoms with Crippen LogP contribution in [0.15, 0.2) is 0 Å². The van der Waals surface area contributed by atoms with Crippen LogP contribution in [0.4, 0.5) is 0 Å². The van der Waals surface area contributed by atoms with Crippen LogP contribution in [0.25, 0.3) is 0 Å². The van der Waals surface area contributed by atoms with Gasteiger partial charge in [0.2, 0.25) is 15.9 Å². The van der Waals surface area contributed by atoms with Gasteiger partial charge < -0.3 is 10.0 Å². The summed E-state index contributed by atoms with van der Waals surface area (Å²) in [6, 6.07) is -0.207. The van der Waals surface area contributed by atoms with Gasteiger partial charge in [-0.25, -0.2) is 12.7 Å². The molecule has 1 aliphatic rings. The molecule has 1 amide bonds. The van der Waals surface area contributed by atoms with Crippen molar-refractivity contribution in [1.82, 2.24) is 9.21 Å². The maximum atomic E-state index is 12.4. The van der Waals surface area contributed by atoms with Crippen LogP contribution in [0, 0.1) is 5.92 Å². The van der Waals surface area contributed by atoms with Crippen LogP contribution in [0.2, 0.25) is 0 Å². The summed E-state index contributed by atoms with van der Waals surface area (Å²) in [6.45, 7) is 5.63. The smallest absolute Gasteiger partial charge is 0.323 e. The zero-order valence-electron chi connectivity index (χ0n) is 13.5. The van der Waals surface area contributed by atoms with Gasteiger partial charge in [0.15, 0.2) is 0 Å². The second-order valence-corrected chi connectivity index (χ2v) is 7.96. The van der Waals surface area contributed by atoms with Crippen LogP contribution in [0.1, 0.15) is 40.0 Å². The van der Waals surface area contributed by atoms with Crippen molar-refractivity contribution in [2.24, 2.45) is 5.92 Å². The largest absolute Gasteiger partial charge is 0.480 e. The molecule has 0 radical (unpaired) electrons. The van der Waals surface area contributed by atoms with E-state index in [1.54, 1.807) is 13.8 Å². The van der Waals surface area contributed by atoms with Crippen molar-refractivity contribution in [3.63, 3.8) is 0 Å². The molecule has 1 fully saturated rings. The highest BCUT2D eigenvalue weighted by atomic mass is 32.2. The molecule has 1 atom stereocenters. The predicted molar refractivity (Wildman–Crippen MR) is 82.9 cm³/mol. The molecule has 8 heteroatoms. The van der Waals surface area contributed by atoms with Gasteiger partial charge in [0.1, 0.15) is 6.54 Å². The normalized spacial score (nSPS) is 18.9. The predicted octanol–water partition coefficient (Wildman–Crippen LogP) is 0.760. The van der Waals surface area contributed by atoms with Crippen LogP contribution < -0.4 is 0 Å². The maximum Gasteiger partial charge on any atom is 0.323 e. The van der Waals surface area contributed by atoms with E-state index in [0.717, 1.165) is 0 Å². The molecule has 0 aromatic rings. The number of amides is 1. The molecule has 1 N–H and O–H groups in total. The monoisotopic (exact) mass is 334 g/mol. The Bertz CT molecular complexity index is 497. The van der Waals surface area contributed by atoms with Crippen molar-refractivity contribution in [3.05, 3.63) is 0 Å². The van der Waals surface area contributed by atoms with Crippen molar-refractivity contribution in [2.75, 3.05) is 25.4 Å². The first-order valence-electron chi connectivity index (χ1n) is 7.73. The first kappa shape index (κ1) is 18.9. The molecular weight excluding hydrogens is 308 g/mol. The third kappa shape index (κ3) is 4.67. The molecule has 0 aromatic heterocycles. The summed E-state index contributed by atoms with van der Waals surface area (Å²) in [7, 11) is -3.22. The van der Waals surface area contributed by atoms with E-state index in [9.17, 15) is 18.0 Å². The van der Waals surface area contributed by atoms with Gasteiger partial charge in [0.05, 0.1) is 5.75 Å². The lowest BCUT2D eigenvalue weighted by molar-refractivity contribution is -0.148. The van der Waals surface area contributed by atoms with Gasteiger partial charge >= 0.3 is 5.97 Å². The first-order chi connectivity index (χ1) is 10.2. The van der Waals surface area contributed by atoms with Gasteiger partial charge in [-0.2, -0.15) is 0 Å². The Morgan fingerprint density at radius 3 is 2.23 bits per heavy atom. The molecule has 0 aliphatic carbocycles. The van der Waals surface area contributed by atoms with Crippen LogP contribution in [0.3, 0.4) is 0 Å². The average Bonchev–Trinajstić information content (AvgIpc) is 2.51. The van der Waals surface area contributed by atoms with Crippen LogP contribution in [-0.2, 0) is 19.6 Å². The molecule has 0 bridgehead atoms. The number of carboxylic acid groups (broad SMARTS) is 1. The van der Waals surface area contributed by atoms with Crippen molar-refractivity contribution >= 4 is 21.9 Å². The summed E-state index contributed by atoms with van der Waals surface area (Å²) in [5, 5.41) is 9.04. The number of hydrogen-bond donors (Lipinski definition) is 1. The number of nitrogens with zero attached hydrogens (tertiary/aromatic N) is 2. The zero-order chi connectivity index (χ0) is 16.9. The average molecular weight is 334 g/mol. The third-order valence-electron chi connectivity index (χ3n) is 4.25. The number of carbonyl (C=O) groups excluding carboxylic acids is 1. The molecular formula is C14H26N2O5S. The van der Waals surface area contributed by atoms with E-state index in [1.165, 1.54) is 9.21 Å². The number of carboxylic acids is 1. The van der Waals surface area contributed by atoms with Crippen molar-refractivity contribution in [3.8, 4) is 0 Å². The summed E-state index contributed by atoms with van der Waals surface area (Å²) in [4.78, 5) is 24.8. The maximum absolute atomic E-state index is 12.4. The minimum absolute atomic E-state index is 0.0578. The molecule has 7 nitrogen and oxygen atoms in total. The summed E-state index contributed by atoms with van der Waals surface area (Å²) >= 11 is 0. The molecule has 22 heavy (non-hydrogen) atoms. The van der Waals surface area contributed by atoms with Crippen molar-refractivity contribution in [2.45, 2.75) is 46.1 Å². The number of rotatable bonds is 7. The highest BCUT2D eigenvalue weighted by Gasteiger charge is 2.33. The van der Waals surface area contributed by atoms with E-state index in [4.69, 9.17) is 5.11 Å². The number of hydrogen-bond acceptors (Lipinski definition) is 4. The third-order valence-corrected chi connectivity index (χ3v) is 6.13. The van der Waals surface area contributed by atoms with Crippen molar-refractivity contribution < 1.29 is 23.1 Å². The van der Waals surface area contributed by atoms with Gasteiger partial charge in [0.25, 0.3) is 0 Å². The SMILES string of the molecule is CCC(C)C(=O)N(CC(=O)O)C1CCN(S(=O)(=O)CC)CC1. The minimum atomic E-state index is -3.22. The van der Waals surface area contributed by atoms with E-state index in [0.29, 0.717) is 32.4 Å². The van der Waals surface area contributed by atoms with E-state index < -0.39 is 16.0 Å². The lowest BCUT2D eigenvalue weighted by atomic mass is 10.0. The van der Waals surface area contributed by atoms with E-state index in [-0.39, 0.29) is 30.2 Å². The quantitative estimate of drug-likeness (QED) is 0.741. The van der Waals surface area contributed by atoms with Crippen molar-refractivity contribution in [1.29, 1.82) is 0 Å². The Morgan fingerprint density at radius 1 is 1.27 bits per heavy atom. The second-order valence-electron chi connectivity index (χ2n) is 5.70. The Labute approximate surface area is 132 Å². The summed E-state index contributed by atoms with van der Waals surface area (Å²) in [5.74, 6) is -1.37. The topological polar surface area (TPSA) is 95.0 Å². The molecule has 1 unspecified atom stereocenters. The molecule has 1 aliphatic heterocycles. The van der Waals surface area contributed by atoms with E-state index in [2.05, 4.69) is 0 Å². The molecule has 0 aromatic carbocycles. The fraction of sp³-hybridized carbons (Fsp3) is 0.857. The number of piperidine rings is 1. The summed E-state index contributed by atoms with van der Waals surface area (Å²) in [6.07, 6.45) is 1.61.